The summed E-state index contributed by atoms with van der Waals surface area (Å²) in [4.78, 5) is 51.3. The van der Waals surface area contributed by atoms with Gasteiger partial charge in [0.2, 0.25) is 11.9 Å². The first-order valence-electron chi connectivity index (χ1n) is 12.3. The van der Waals surface area contributed by atoms with E-state index in [4.69, 9.17) is 5.73 Å². The summed E-state index contributed by atoms with van der Waals surface area (Å²) in [5.74, 6) is -0.763. The first kappa shape index (κ1) is 25.9. The molecule has 1 aliphatic heterocycles. The van der Waals surface area contributed by atoms with Crippen molar-refractivity contribution in [2.24, 2.45) is 13.0 Å². The van der Waals surface area contributed by atoms with E-state index in [-0.39, 0.29) is 12.5 Å². The number of anilines is 2. The lowest BCUT2D eigenvalue weighted by molar-refractivity contribution is -0.156. The van der Waals surface area contributed by atoms with Gasteiger partial charge in [0.15, 0.2) is 0 Å². The topological polar surface area (TPSA) is 126 Å². The van der Waals surface area contributed by atoms with Gasteiger partial charge in [-0.25, -0.2) is 14.8 Å². The average molecular weight is 504 g/mol. The molecule has 10 nitrogen and oxygen atoms in total. The number of rotatable bonds is 7. The highest BCUT2D eigenvalue weighted by molar-refractivity contribution is 6.12. The number of hydrogen-bond donors (Lipinski definition) is 2. The van der Waals surface area contributed by atoms with Crippen LogP contribution in [0.15, 0.2) is 48.8 Å². The number of carbonyl (C=O) groups is 3. The number of aryl methyl sites for hydroxylation is 3. The molecule has 1 aliphatic rings. The molecule has 0 radical (unpaired) electrons. The molecule has 3 N–H and O–H groups in total. The van der Waals surface area contributed by atoms with Gasteiger partial charge in [-0.15, -0.1) is 0 Å². The smallest absolute Gasteiger partial charge is 0.325 e. The second-order valence-electron chi connectivity index (χ2n) is 9.56. The molecule has 0 unspecified atom stereocenters. The van der Waals surface area contributed by atoms with Crippen molar-refractivity contribution in [2.45, 2.75) is 45.7 Å². The number of aromatic nitrogens is 3. The first-order valence-corrected chi connectivity index (χ1v) is 12.3. The van der Waals surface area contributed by atoms with Gasteiger partial charge in [0, 0.05) is 32.2 Å². The Labute approximate surface area is 216 Å². The van der Waals surface area contributed by atoms with Crippen molar-refractivity contribution in [3.8, 4) is 0 Å². The number of hydrogen-bond acceptors (Lipinski definition) is 6. The van der Waals surface area contributed by atoms with Gasteiger partial charge < -0.3 is 15.6 Å². The fraction of sp³-hybridized carbons (Fsp3) is 0.370. The molecular formula is C27H33N7O3. The summed E-state index contributed by atoms with van der Waals surface area (Å²) in [7, 11) is 3.37. The number of nitrogens with zero attached hydrogens (tertiary/aromatic N) is 5. The van der Waals surface area contributed by atoms with Crippen LogP contribution in [-0.2, 0) is 23.1 Å². The number of likely N-dealkylation sites (N-methyl/N-ethyl adjacent to an activating group) is 1. The SMILES string of the molecule is CC[C@@H](NC(=O)N1C(=O)[C@H](Cc2cc(C)nc(N)c2)[C@H]1C(=O)N(C)c1nccn1C)c1ccc(C)cc1. The Balaban J connectivity index is 1.61. The van der Waals surface area contributed by atoms with Gasteiger partial charge in [0.25, 0.3) is 5.91 Å². The Morgan fingerprint density at radius 2 is 1.89 bits per heavy atom. The van der Waals surface area contributed by atoms with Crippen molar-refractivity contribution < 1.29 is 14.4 Å². The Morgan fingerprint density at radius 1 is 1.19 bits per heavy atom. The van der Waals surface area contributed by atoms with Crippen molar-refractivity contribution >= 4 is 29.6 Å². The van der Waals surface area contributed by atoms with Gasteiger partial charge in [0.1, 0.15) is 11.9 Å². The van der Waals surface area contributed by atoms with Gasteiger partial charge in [-0.2, -0.15) is 0 Å². The molecule has 3 heterocycles. The van der Waals surface area contributed by atoms with Crippen molar-refractivity contribution in [3.05, 3.63) is 71.2 Å². The third kappa shape index (κ3) is 5.18. The zero-order valence-corrected chi connectivity index (χ0v) is 21.8. The van der Waals surface area contributed by atoms with Crippen molar-refractivity contribution in [1.29, 1.82) is 0 Å². The highest BCUT2D eigenvalue weighted by atomic mass is 16.2. The predicted molar refractivity (Wildman–Crippen MR) is 141 cm³/mol. The number of imide groups is 1. The number of likely N-dealkylation sites (tertiary alicyclic amines) is 1. The number of imidazole rings is 1. The summed E-state index contributed by atoms with van der Waals surface area (Å²) in [5, 5.41) is 2.95. The van der Waals surface area contributed by atoms with E-state index in [1.807, 2.05) is 51.1 Å². The number of nitrogen functional groups attached to an aromatic ring is 1. The molecule has 4 amide bonds. The zero-order valence-electron chi connectivity index (χ0n) is 21.8. The molecule has 2 aromatic heterocycles. The molecule has 10 heteroatoms. The normalized spacial score (nSPS) is 17.8. The Morgan fingerprint density at radius 3 is 2.49 bits per heavy atom. The third-order valence-electron chi connectivity index (χ3n) is 6.79. The molecule has 1 aromatic carbocycles. The van der Waals surface area contributed by atoms with Gasteiger partial charge in [-0.05, 0) is 49.9 Å². The lowest BCUT2D eigenvalue weighted by Crippen LogP contribution is -2.70. The van der Waals surface area contributed by atoms with E-state index in [1.165, 1.54) is 4.90 Å². The van der Waals surface area contributed by atoms with Crippen LogP contribution in [-0.4, -0.2) is 50.4 Å². The lowest BCUT2D eigenvalue weighted by atomic mass is 9.81. The second kappa shape index (κ2) is 10.4. The number of amides is 4. The van der Waals surface area contributed by atoms with E-state index in [9.17, 15) is 14.4 Å². The second-order valence-corrected chi connectivity index (χ2v) is 9.56. The van der Waals surface area contributed by atoms with Crippen LogP contribution in [0, 0.1) is 19.8 Å². The van der Waals surface area contributed by atoms with E-state index in [0.29, 0.717) is 23.9 Å². The summed E-state index contributed by atoms with van der Waals surface area (Å²) >= 11 is 0. The van der Waals surface area contributed by atoms with Crippen molar-refractivity contribution in [2.75, 3.05) is 17.7 Å². The van der Waals surface area contributed by atoms with Crippen LogP contribution in [0.1, 0.15) is 41.8 Å². The average Bonchev–Trinajstić information content (AvgIpc) is 3.28. The van der Waals surface area contributed by atoms with Gasteiger partial charge in [-0.3, -0.25) is 19.4 Å². The molecule has 0 aliphatic carbocycles. The molecule has 1 saturated heterocycles. The van der Waals surface area contributed by atoms with Crippen LogP contribution in [0.25, 0.3) is 0 Å². The summed E-state index contributed by atoms with van der Waals surface area (Å²) in [6.07, 6.45) is 4.20. The molecule has 3 aromatic rings. The molecular weight excluding hydrogens is 470 g/mol. The van der Waals surface area contributed by atoms with Crippen LogP contribution < -0.4 is 16.0 Å². The summed E-state index contributed by atoms with van der Waals surface area (Å²) in [6.45, 7) is 5.77. The van der Waals surface area contributed by atoms with E-state index in [2.05, 4.69) is 15.3 Å². The summed E-state index contributed by atoms with van der Waals surface area (Å²) < 4.78 is 1.70. The first-order chi connectivity index (χ1) is 17.6. The molecule has 4 rings (SSSR count). The highest BCUT2D eigenvalue weighted by Crippen LogP contribution is 2.33. The maximum Gasteiger partial charge on any atom is 0.325 e. The predicted octanol–water partition coefficient (Wildman–Crippen LogP) is 2.91. The van der Waals surface area contributed by atoms with Gasteiger partial charge in [0.05, 0.1) is 12.0 Å². The standard InChI is InChI=1S/C27H33N7O3/c1-6-21(19-9-7-16(2)8-10-19)31-27(37)34-23(25(36)33(5)26-29-11-12-32(26)4)20(24(34)35)14-18-13-17(3)30-22(28)15-18/h7-13,15,20-21,23H,6,14H2,1-5H3,(H2,28,30)(H,31,37)/t20-,21-,23+/m1/s1. The van der Waals surface area contributed by atoms with Crippen LogP contribution in [0.4, 0.5) is 16.6 Å². The van der Waals surface area contributed by atoms with Gasteiger partial charge in [-0.1, -0.05) is 36.8 Å². The number of nitrogens with two attached hydrogens (primary N) is 1. The van der Waals surface area contributed by atoms with Crippen LogP contribution >= 0.6 is 0 Å². The third-order valence-corrected chi connectivity index (χ3v) is 6.79. The minimum Gasteiger partial charge on any atom is -0.384 e. The quantitative estimate of drug-likeness (QED) is 0.478. The monoisotopic (exact) mass is 503 g/mol. The van der Waals surface area contributed by atoms with E-state index in [1.54, 1.807) is 37.1 Å². The van der Waals surface area contributed by atoms with Crippen molar-refractivity contribution in [1.82, 2.24) is 24.8 Å². The largest absolute Gasteiger partial charge is 0.384 e. The molecule has 0 spiro atoms. The van der Waals surface area contributed by atoms with E-state index < -0.39 is 29.8 Å². The minimum atomic E-state index is -0.987. The number of β-lactam (4-membered cyclic amide) rings is 1. The molecule has 194 valence electrons. The maximum absolute atomic E-state index is 13.7. The fourth-order valence-electron chi connectivity index (χ4n) is 4.81. The summed E-state index contributed by atoms with van der Waals surface area (Å²) in [5.41, 5.74) is 9.45. The number of carbonyl (C=O) groups excluding carboxylic acids is 3. The Bertz CT molecular complexity index is 1300. The molecule has 1 fully saturated rings. The zero-order chi connectivity index (χ0) is 26.9. The molecule has 3 atom stereocenters. The highest BCUT2D eigenvalue weighted by Gasteiger charge is 2.55. The number of pyridine rings is 1. The Kier molecular flexibility index (Phi) is 7.28. The number of benzene rings is 1. The fourth-order valence-corrected chi connectivity index (χ4v) is 4.81. The number of nitrogens with one attached hydrogen (secondary N) is 1. The van der Waals surface area contributed by atoms with Crippen LogP contribution in [0.5, 0.6) is 0 Å². The van der Waals surface area contributed by atoms with Crippen molar-refractivity contribution in [3.63, 3.8) is 0 Å². The maximum atomic E-state index is 13.7. The lowest BCUT2D eigenvalue weighted by Gasteiger charge is -2.45. The number of urea groups is 1. The molecule has 0 saturated carbocycles. The summed E-state index contributed by atoms with van der Waals surface area (Å²) in [6, 6.07) is 9.52. The van der Waals surface area contributed by atoms with E-state index in [0.717, 1.165) is 21.6 Å². The Hall–Kier alpha value is -4.21. The van der Waals surface area contributed by atoms with Gasteiger partial charge >= 0.3 is 6.03 Å². The minimum absolute atomic E-state index is 0.260. The van der Waals surface area contributed by atoms with Crippen LogP contribution in [0.3, 0.4) is 0 Å². The molecule has 0 bridgehead atoms. The van der Waals surface area contributed by atoms with Crippen LogP contribution in [0.2, 0.25) is 0 Å². The van der Waals surface area contributed by atoms with E-state index >= 15 is 0 Å². The molecule has 37 heavy (non-hydrogen) atoms.